The van der Waals surface area contributed by atoms with E-state index in [1.54, 1.807) is 18.3 Å². The second kappa shape index (κ2) is 4.16. The SMILES string of the molecule is O=C(O)c1cn2cc(-c3cccc(F)c3)cnc2n1. The molecule has 5 nitrogen and oxygen atoms in total. The van der Waals surface area contributed by atoms with Crippen LogP contribution in [0.2, 0.25) is 0 Å². The molecule has 6 heteroatoms. The lowest BCUT2D eigenvalue weighted by Gasteiger charge is -2.01. The number of rotatable bonds is 2. The topological polar surface area (TPSA) is 67.5 Å². The van der Waals surface area contributed by atoms with Crippen molar-refractivity contribution in [3.05, 3.63) is 54.4 Å². The predicted molar refractivity (Wildman–Crippen MR) is 65.3 cm³/mol. The lowest BCUT2D eigenvalue weighted by atomic mass is 10.1. The third-order valence-corrected chi connectivity index (χ3v) is 2.69. The minimum atomic E-state index is -1.11. The highest BCUT2D eigenvalue weighted by atomic mass is 19.1. The summed E-state index contributed by atoms with van der Waals surface area (Å²) in [7, 11) is 0. The molecule has 0 bridgehead atoms. The standard InChI is InChI=1S/C13H8FN3O2/c14-10-3-1-2-8(4-10)9-5-15-13-16-11(12(18)19)7-17(13)6-9/h1-7H,(H,18,19). The molecule has 1 N–H and O–H groups in total. The van der Waals surface area contributed by atoms with E-state index >= 15 is 0 Å². The Morgan fingerprint density at radius 2 is 2.11 bits per heavy atom. The van der Waals surface area contributed by atoms with Crippen LogP contribution in [0.25, 0.3) is 16.9 Å². The normalized spacial score (nSPS) is 10.8. The predicted octanol–water partition coefficient (Wildman–Crippen LogP) is 2.23. The van der Waals surface area contributed by atoms with Crippen molar-refractivity contribution in [2.24, 2.45) is 0 Å². The quantitative estimate of drug-likeness (QED) is 0.764. The minimum absolute atomic E-state index is 0.0797. The highest BCUT2D eigenvalue weighted by Crippen LogP contribution is 2.19. The molecule has 3 aromatic rings. The number of aromatic carboxylic acids is 1. The van der Waals surface area contributed by atoms with Crippen LogP contribution in [0.3, 0.4) is 0 Å². The number of aromatic nitrogens is 3. The van der Waals surface area contributed by atoms with Gasteiger partial charge in [-0.1, -0.05) is 12.1 Å². The Hall–Kier alpha value is -2.76. The van der Waals surface area contributed by atoms with E-state index in [2.05, 4.69) is 9.97 Å². The molecule has 0 aliphatic heterocycles. The van der Waals surface area contributed by atoms with Crippen LogP contribution in [0.15, 0.2) is 42.9 Å². The molecular formula is C13H8FN3O2. The van der Waals surface area contributed by atoms with Crippen molar-refractivity contribution in [1.29, 1.82) is 0 Å². The Labute approximate surface area is 107 Å². The fourth-order valence-electron chi connectivity index (χ4n) is 1.80. The molecule has 0 spiro atoms. The molecule has 3 rings (SSSR count). The summed E-state index contributed by atoms with van der Waals surface area (Å²) in [6.45, 7) is 0. The fourth-order valence-corrected chi connectivity index (χ4v) is 1.80. The van der Waals surface area contributed by atoms with Gasteiger partial charge in [-0.15, -0.1) is 0 Å². The Morgan fingerprint density at radius 1 is 1.26 bits per heavy atom. The number of hydrogen-bond donors (Lipinski definition) is 1. The molecular weight excluding hydrogens is 249 g/mol. The molecule has 2 aromatic heterocycles. The molecule has 19 heavy (non-hydrogen) atoms. The summed E-state index contributed by atoms with van der Waals surface area (Å²) in [5.74, 6) is -1.16. The lowest BCUT2D eigenvalue weighted by molar-refractivity contribution is 0.0691. The van der Waals surface area contributed by atoms with Gasteiger partial charge in [-0.25, -0.2) is 19.2 Å². The Kier molecular flexibility index (Phi) is 2.49. The maximum atomic E-state index is 13.2. The van der Waals surface area contributed by atoms with E-state index in [-0.39, 0.29) is 17.3 Å². The number of imidazole rings is 1. The zero-order valence-electron chi connectivity index (χ0n) is 9.62. The van der Waals surface area contributed by atoms with E-state index in [4.69, 9.17) is 5.11 Å². The van der Waals surface area contributed by atoms with Crippen LogP contribution in [0.5, 0.6) is 0 Å². The van der Waals surface area contributed by atoms with Gasteiger partial charge in [-0.3, -0.25) is 4.40 Å². The maximum Gasteiger partial charge on any atom is 0.356 e. The molecule has 0 unspecified atom stereocenters. The average molecular weight is 257 g/mol. The van der Waals surface area contributed by atoms with Crippen LogP contribution in [0.4, 0.5) is 4.39 Å². The summed E-state index contributed by atoms with van der Waals surface area (Å²) >= 11 is 0. The second-order valence-corrected chi connectivity index (χ2v) is 3.99. The van der Waals surface area contributed by atoms with Gasteiger partial charge in [-0.05, 0) is 17.7 Å². The average Bonchev–Trinajstić information content (AvgIpc) is 2.81. The van der Waals surface area contributed by atoms with E-state index < -0.39 is 5.97 Å². The first kappa shape index (κ1) is 11.3. The van der Waals surface area contributed by atoms with Crippen molar-refractivity contribution in [1.82, 2.24) is 14.4 Å². The summed E-state index contributed by atoms with van der Waals surface area (Å²) in [6, 6.07) is 6.10. The van der Waals surface area contributed by atoms with Gasteiger partial charge in [0.25, 0.3) is 0 Å². The zero-order valence-corrected chi connectivity index (χ0v) is 9.62. The van der Waals surface area contributed by atoms with E-state index in [0.717, 1.165) is 0 Å². The minimum Gasteiger partial charge on any atom is -0.476 e. The van der Waals surface area contributed by atoms with Crippen LogP contribution in [-0.4, -0.2) is 25.4 Å². The number of nitrogens with zero attached hydrogens (tertiary/aromatic N) is 3. The third-order valence-electron chi connectivity index (χ3n) is 2.69. The monoisotopic (exact) mass is 257 g/mol. The molecule has 1 aromatic carbocycles. The van der Waals surface area contributed by atoms with Crippen molar-refractivity contribution >= 4 is 11.7 Å². The Balaban J connectivity index is 2.13. The van der Waals surface area contributed by atoms with E-state index in [1.165, 1.54) is 28.9 Å². The van der Waals surface area contributed by atoms with Crippen molar-refractivity contribution in [3.8, 4) is 11.1 Å². The van der Waals surface area contributed by atoms with Gasteiger partial charge in [0.1, 0.15) is 5.82 Å². The molecule has 0 fully saturated rings. The Morgan fingerprint density at radius 3 is 2.84 bits per heavy atom. The molecule has 94 valence electrons. The van der Waals surface area contributed by atoms with Crippen LogP contribution < -0.4 is 0 Å². The molecule has 0 radical (unpaired) electrons. The van der Waals surface area contributed by atoms with Crippen molar-refractivity contribution in [3.63, 3.8) is 0 Å². The van der Waals surface area contributed by atoms with Crippen LogP contribution in [0.1, 0.15) is 10.5 Å². The first-order valence-corrected chi connectivity index (χ1v) is 5.47. The van der Waals surface area contributed by atoms with Gasteiger partial charge in [0, 0.05) is 24.2 Å². The van der Waals surface area contributed by atoms with Crippen LogP contribution in [-0.2, 0) is 0 Å². The van der Waals surface area contributed by atoms with E-state index in [0.29, 0.717) is 11.1 Å². The van der Waals surface area contributed by atoms with Crippen molar-refractivity contribution in [2.75, 3.05) is 0 Å². The van der Waals surface area contributed by atoms with Gasteiger partial charge in [0.05, 0.1) is 0 Å². The largest absolute Gasteiger partial charge is 0.476 e. The highest BCUT2D eigenvalue weighted by molar-refractivity contribution is 5.85. The molecule has 0 saturated carbocycles. The highest BCUT2D eigenvalue weighted by Gasteiger charge is 2.10. The summed E-state index contributed by atoms with van der Waals surface area (Å²) in [4.78, 5) is 18.7. The van der Waals surface area contributed by atoms with E-state index in [9.17, 15) is 9.18 Å². The number of carboxylic acid groups (broad SMARTS) is 1. The molecule has 2 heterocycles. The van der Waals surface area contributed by atoms with Crippen LogP contribution in [0, 0.1) is 5.82 Å². The molecule has 0 aliphatic carbocycles. The number of fused-ring (bicyclic) bond motifs is 1. The van der Waals surface area contributed by atoms with Gasteiger partial charge in [0.15, 0.2) is 5.69 Å². The van der Waals surface area contributed by atoms with Gasteiger partial charge < -0.3 is 5.11 Å². The zero-order chi connectivity index (χ0) is 13.4. The number of halogens is 1. The number of carboxylic acids is 1. The number of benzene rings is 1. The molecule has 0 aliphatic rings. The number of carbonyl (C=O) groups is 1. The van der Waals surface area contributed by atoms with Gasteiger partial charge in [-0.2, -0.15) is 0 Å². The summed E-state index contributed by atoms with van der Waals surface area (Å²) in [5.41, 5.74) is 1.27. The second-order valence-electron chi connectivity index (χ2n) is 3.99. The fraction of sp³-hybridized carbons (Fsp3) is 0. The maximum absolute atomic E-state index is 13.2. The molecule has 0 atom stereocenters. The van der Waals surface area contributed by atoms with Crippen LogP contribution >= 0.6 is 0 Å². The van der Waals surface area contributed by atoms with Gasteiger partial charge >= 0.3 is 5.97 Å². The van der Waals surface area contributed by atoms with E-state index in [1.807, 2.05) is 0 Å². The number of hydrogen-bond acceptors (Lipinski definition) is 3. The van der Waals surface area contributed by atoms with Gasteiger partial charge in [0.2, 0.25) is 5.78 Å². The molecule has 0 saturated heterocycles. The van der Waals surface area contributed by atoms with Crippen molar-refractivity contribution in [2.45, 2.75) is 0 Å². The third kappa shape index (κ3) is 2.03. The first-order valence-electron chi connectivity index (χ1n) is 5.47. The summed E-state index contributed by atoms with van der Waals surface area (Å²) in [5, 5.41) is 8.86. The summed E-state index contributed by atoms with van der Waals surface area (Å²) in [6.07, 6.45) is 4.56. The summed E-state index contributed by atoms with van der Waals surface area (Å²) < 4.78 is 14.7. The molecule has 0 amide bonds. The Bertz CT molecular complexity index is 782. The van der Waals surface area contributed by atoms with Crippen molar-refractivity contribution < 1.29 is 14.3 Å². The lowest BCUT2D eigenvalue weighted by Crippen LogP contribution is -1.94. The smallest absolute Gasteiger partial charge is 0.356 e. The first-order chi connectivity index (χ1) is 9.13.